The second kappa shape index (κ2) is 13.4. The molecule has 260 valence electrons. The number of aliphatic hydroxyl groups is 3. The molecule has 0 aromatic heterocycles. The van der Waals surface area contributed by atoms with Crippen molar-refractivity contribution in [2.45, 2.75) is 70.2 Å². The molecule has 0 spiro atoms. The van der Waals surface area contributed by atoms with Crippen LogP contribution < -0.4 is 30.1 Å². The van der Waals surface area contributed by atoms with Gasteiger partial charge >= 0.3 is 5.97 Å². The van der Waals surface area contributed by atoms with Crippen molar-refractivity contribution in [2.75, 3.05) is 40.0 Å². The molecular formula is C38H44N2O9. The maximum absolute atomic E-state index is 13.8. The number of ketones is 1. The van der Waals surface area contributed by atoms with Crippen LogP contribution in [0.3, 0.4) is 0 Å². The predicted octanol–water partition coefficient (Wildman–Crippen LogP) is 2.00. The van der Waals surface area contributed by atoms with E-state index in [1.807, 2.05) is 31.2 Å². The fourth-order valence-corrected chi connectivity index (χ4v) is 8.24. The number of methoxy groups -OCH3 is 1. The van der Waals surface area contributed by atoms with Gasteiger partial charge in [0.2, 0.25) is 5.76 Å². The summed E-state index contributed by atoms with van der Waals surface area (Å²) in [6, 6.07) is 5.85. The third-order valence-electron chi connectivity index (χ3n) is 10.9. The molecule has 0 amide bonds. The quantitative estimate of drug-likeness (QED) is 0.306. The number of nitrogens with zero attached hydrogens (tertiary/aromatic N) is 1. The smallest absolute Gasteiger partial charge is 0.374 e. The van der Waals surface area contributed by atoms with Gasteiger partial charge in [-0.05, 0) is 93.1 Å². The first kappa shape index (κ1) is 33.5. The lowest BCUT2D eigenvalue weighted by atomic mass is 9.72. The van der Waals surface area contributed by atoms with Crippen LogP contribution in [0.2, 0.25) is 0 Å². The van der Waals surface area contributed by atoms with E-state index in [1.165, 1.54) is 0 Å². The molecule has 0 radical (unpaired) electrons. The molecule has 1 aliphatic carbocycles. The van der Waals surface area contributed by atoms with Crippen molar-refractivity contribution in [1.82, 2.24) is 5.32 Å². The third-order valence-corrected chi connectivity index (χ3v) is 10.9. The molecule has 2 aromatic rings. The molecule has 5 aliphatic rings. The van der Waals surface area contributed by atoms with Crippen LogP contribution in [0.1, 0.15) is 67.7 Å². The minimum atomic E-state index is -1.16. The van der Waals surface area contributed by atoms with Crippen molar-refractivity contribution < 1.29 is 43.9 Å². The van der Waals surface area contributed by atoms with Crippen LogP contribution in [0, 0.1) is 11.8 Å². The Morgan fingerprint density at radius 3 is 2.65 bits per heavy atom. The summed E-state index contributed by atoms with van der Waals surface area (Å²) in [6.45, 7) is 5.06. The van der Waals surface area contributed by atoms with E-state index < -0.39 is 36.1 Å². The lowest BCUT2D eigenvalue weighted by Gasteiger charge is -2.39. The highest BCUT2D eigenvalue weighted by atomic mass is 16.6. The number of nitrogens with one attached hydrogen (secondary N) is 1. The molecule has 0 bridgehead atoms. The van der Waals surface area contributed by atoms with Crippen LogP contribution in [-0.2, 0) is 27.4 Å². The Kier molecular flexibility index (Phi) is 9.12. The summed E-state index contributed by atoms with van der Waals surface area (Å²) in [5.74, 6) is -0.965. The van der Waals surface area contributed by atoms with Gasteiger partial charge in [0.05, 0.1) is 50.0 Å². The maximum atomic E-state index is 13.8. The monoisotopic (exact) mass is 672 g/mol. The lowest BCUT2D eigenvalue weighted by molar-refractivity contribution is -0.141. The van der Waals surface area contributed by atoms with Gasteiger partial charge in [-0.1, -0.05) is 17.7 Å². The Labute approximate surface area is 284 Å². The fraction of sp³-hybridized carbons (Fsp3) is 0.500. The van der Waals surface area contributed by atoms with Gasteiger partial charge < -0.3 is 39.6 Å². The summed E-state index contributed by atoms with van der Waals surface area (Å²) in [7, 11) is 1.55. The summed E-state index contributed by atoms with van der Waals surface area (Å²) in [6.07, 6.45) is 5.59. The van der Waals surface area contributed by atoms with E-state index in [4.69, 9.17) is 18.9 Å². The third kappa shape index (κ3) is 5.76. The van der Waals surface area contributed by atoms with Gasteiger partial charge in [0.1, 0.15) is 34.7 Å². The van der Waals surface area contributed by atoms with Gasteiger partial charge in [0, 0.05) is 23.8 Å². The molecule has 4 atom stereocenters. The van der Waals surface area contributed by atoms with E-state index >= 15 is 0 Å². The average molecular weight is 673 g/mol. The van der Waals surface area contributed by atoms with Crippen LogP contribution in [0.25, 0.3) is 11.6 Å². The second-order valence-corrected chi connectivity index (χ2v) is 13.7. The van der Waals surface area contributed by atoms with Gasteiger partial charge in [0.15, 0.2) is 0 Å². The zero-order chi connectivity index (χ0) is 34.4. The minimum absolute atomic E-state index is 0.00915. The zero-order valence-electron chi connectivity index (χ0n) is 28.2. The number of benzene rings is 2. The molecular weight excluding hydrogens is 628 g/mol. The minimum Gasteiger partial charge on any atom is -0.496 e. The highest BCUT2D eigenvalue weighted by Gasteiger charge is 2.48. The average Bonchev–Trinajstić information content (AvgIpc) is 3.78. The lowest BCUT2D eigenvalue weighted by Crippen LogP contribution is -2.51. The van der Waals surface area contributed by atoms with E-state index in [0.717, 1.165) is 47.6 Å². The van der Waals surface area contributed by atoms with Crippen molar-refractivity contribution in [1.29, 1.82) is 0 Å². The van der Waals surface area contributed by atoms with E-state index in [1.54, 1.807) is 20.1 Å². The summed E-state index contributed by atoms with van der Waals surface area (Å²) in [5, 5.41) is 38.4. The second-order valence-electron chi connectivity index (χ2n) is 13.7. The number of carbonyl (C=O) groups is 2. The van der Waals surface area contributed by atoms with Crippen LogP contribution in [0.5, 0.6) is 17.2 Å². The number of aliphatic hydroxyl groups excluding tert-OH is 2. The number of hydrogen-bond acceptors (Lipinski definition) is 11. The van der Waals surface area contributed by atoms with Gasteiger partial charge in [-0.15, -0.1) is 0 Å². The number of carbonyl (C=O) groups excluding carboxylic acids is 2. The van der Waals surface area contributed by atoms with E-state index in [9.17, 15) is 24.9 Å². The Morgan fingerprint density at radius 1 is 1.14 bits per heavy atom. The first-order chi connectivity index (χ1) is 23.7. The summed E-state index contributed by atoms with van der Waals surface area (Å²) in [4.78, 5) is 31.5. The van der Waals surface area contributed by atoms with Crippen LogP contribution in [0.4, 0.5) is 0 Å². The number of hydrogen-bond donors (Lipinski definition) is 4. The number of ether oxygens (including phenoxy) is 4. The fourth-order valence-electron chi connectivity index (χ4n) is 8.24. The molecule has 4 N–H and O–H groups in total. The highest BCUT2D eigenvalue weighted by molar-refractivity contribution is 5.98. The number of piperidine rings is 1. The summed E-state index contributed by atoms with van der Waals surface area (Å²) >= 11 is 0. The van der Waals surface area contributed by atoms with E-state index in [-0.39, 0.29) is 42.8 Å². The molecule has 4 aliphatic heterocycles. The number of esters is 1. The molecule has 7 rings (SSSR count). The predicted molar refractivity (Wildman–Crippen MR) is 180 cm³/mol. The molecule has 11 heteroatoms. The van der Waals surface area contributed by atoms with Crippen molar-refractivity contribution in [3.63, 3.8) is 0 Å². The van der Waals surface area contributed by atoms with Crippen LogP contribution >= 0.6 is 0 Å². The molecule has 4 unspecified atom stereocenters. The molecule has 4 heterocycles. The Morgan fingerprint density at radius 2 is 1.94 bits per heavy atom. The van der Waals surface area contributed by atoms with Crippen LogP contribution in [0.15, 0.2) is 40.6 Å². The molecule has 1 saturated heterocycles. The SMILES string of the molecule is CCOC(=O)C1=CC(=C2CC(CO)C(=O)C(c3ccc4c(c3)=CCN=4)C2)c2c(OC)c3c(c(CO)c2O1)OC(C(C)(O)C1CCNCC1)C3. The first-order valence-corrected chi connectivity index (χ1v) is 17.2. The highest BCUT2D eigenvalue weighted by Crippen LogP contribution is 2.55. The first-order valence-electron chi connectivity index (χ1n) is 17.2. The largest absolute Gasteiger partial charge is 0.496 e. The van der Waals surface area contributed by atoms with Gasteiger partial charge in [0.25, 0.3) is 0 Å². The number of Topliss-reactive ketones (excluding diaryl/α,β-unsaturated/α-hetero) is 1. The maximum Gasteiger partial charge on any atom is 0.374 e. The summed E-state index contributed by atoms with van der Waals surface area (Å²) in [5.41, 5.74) is 2.69. The molecule has 2 fully saturated rings. The van der Waals surface area contributed by atoms with E-state index in [0.29, 0.717) is 53.1 Å². The topological polar surface area (TPSA) is 156 Å². The van der Waals surface area contributed by atoms with Crippen molar-refractivity contribution in [3.8, 4) is 17.2 Å². The Balaban J connectivity index is 1.39. The standard InChI is InChI=1S/C38H44N2O9/c1-4-47-37(44)30-16-25(22-14-23(18-41)33(43)26(15-22)20-5-6-29-21(13-20)7-12-40-29)32-35(46-3)27-17-31(38(2,45)24-8-10-39-11-9-24)49-34(27)28(19-42)36(32)48-30/h5-7,13,16,23-24,26,31,39,41-42,45H,4,8-12,14-15,17-19H2,1-3H3. The van der Waals surface area contributed by atoms with E-state index in [2.05, 4.69) is 10.3 Å². The Hall–Kier alpha value is -4.03. The van der Waals surface area contributed by atoms with Gasteiger partial charge in [-0.3, -0.25) is 9.79 Å². The normalized spacial score (nSPS) is 25.8. The van der Waals surface area contributed by atoms with Crippen molar-refractivity contribution in [3.05, 3.63) is 68.4 Å². The number of fused-ring (bicyclic) bond motifs is 3. The molecule has 2 aromatic carbocycles. The number of allylic oxidation sites excluding steroid dienone is 3. The summed E-state index contributed by atoms with van der Waals surface area (Å²) < 4.78 is 24.2. The molecule has 49 heavy (non-hydrogen) atoms. The van der Waals surface area contributed by atoms with Crippen LogP contribution in [-0.4, -0.2) is 78.7 Å². The Bertz CT molecular complexity index is 1870. The van der Waals surface area contributed by atoms with Crippen molar-refractivity contribution >= 4 is 23.4 Å². The molecule has 1 saturated carbocycles. The van der Waals surface area contributed by atoms with Gasteiger partial charge in [-0.2, -0.15) is 0 Å². The molecule has 11 nitrogen and oxygen atoms in total. The van der Waals surface area contributed by atoms with Crippen molar-refractivity contribution in [2.24, 2.45) is 16.8 Å². The zero-order valence-corrected chi connectivity index (χ0v) is 28.2. The number of rotatable bonds is 8. The van der Waals surface area contributed by atoms with Gasteiger partial charge in [-0.25, -0.2) is 4.79 Å².